The number of aromatic amines is 1. The molecule has 6 nitrogen and oxygen atoms in total. The minimum Gasteiger partial charge on any atom is -0.377 e. The van der Waals surface area contributed by atoms with Gasteiger partial charge in [-0.2, -0.15) is 5.10 Å². The van der Waals surface area contributed by atoms with E-state index in [4.69, 9.17) is 0 Å². The van der Waals surface area contributed by atoms with Gasteiger partial charge >= 0.3 is 0 Å². The van der Waals surface area contributed by atoms with Gasteiger partial charge < -0.3 is 10.2 Å². The van der Waals surface area contributed by atoms with Crippen molar-refractivity contribution in [2.75, 3.05) is 24.3 Å². The van der Waals surface area contributed by atoms with Gasteiger partial charge in [0.1, 0.15) is 12.1 Å². The first kappa shape index (κ1) is 15.1. The van der Waals surface area contributed by atoms with Crippen LogP contribution in [0.3, 0.4) is 0 Å². The summed E-state index contributed by atoms with van der Waals surface area (Å²) in [6.45, 7) is 0. The summed E-state index contributed by atoms with van der Waals surface area (Å²) in [5.41, 5.74) is 5.00. The molecule has 0 atom stereocenters. The molecule has 0 aliphatic carbocycles. The van der Waals surface area contributed by atoms with E-state index in [0.717, 1.165) is 39.4 Å². The monoisotopic (exact) mass is 330 g/mol. The number of H-pyrrole nitrogens is 1. The van der Waals surface area contributed by atoms with E-state index in [1.54, 1.807) is 12.5 Å². The predicted octanol–water partition coefficient (Wildman–Crippen LogP) is 3.83. The van der Waals surface area contributed by atoms with Crippen LogP contribution in [-0.2, 0) is 0 Å². The quantitative estimate of drug-likeness (QED) is 0.595. The maximum atomic E-state index is 4.44. The third-order valence-corrected chi connectivity index (χ3v) is 4.04. The van der Waals surface area contributed by atoms with Gasteiger partial charge in [-0.15, -0.1) is 0 Å². The van der Waals surface area contributed by atoms with Crippen molar-refractivity contribution in [1.29, 1.82) is 0 Å². The second kappa shape index (κ2) is 6.24. The van der Waals surface area contributed by atoms with Crippen LogP contribution in [0.4, 0.5) is 17.2 Å². The van der Waals surface area contributed by atoms with Crippen LogP contribution in [0.1, 0.15) is 0 Å². The van der Waals surface area contributed by atoms with Crippen molar-refractivity contribution in [1.82, 2.24) is 20.2 Å². The Morgan fingerprint density at radius 1 is 1.00 bits per heavy atom. The molecule has 2 aromatic heterocycles. The molecular formula is C19H18N6. The Bertz CT molecular complexity index is 1020. The predicted molar refractivity (Wildman–Crippen MR) is 101 cm³/mol. The molecule has 0 amide bonds. The molecule has 4 aromatic rings. The maximum absolute atomic E-state index is 4.44. The third kappa shape index (κ3) is 3.01. The average molecular weight is 330 g/mol. The highest BCUT2D eigenvalue weighted by molar-refractivity contribution is 5.83. The fraction of sp³-hybridized carbons (Fsp3) is 0.105. The van der Waals surface area contributed by atoms with Crippen LogP contribution in [0.5, 0.6) is 0 Å². The Balaban J connectivity index is 1.68. The van der Waals surface area contributed by atoms with E-state index >= 15 is 0 Å². The summed E-state index contributed by atoms with van der Waals surface area (Å²) in [6, 6.07) is 16.2. The molecule has 4 rings (SSSR count). The van der Waals surface area contributed by atoms with Gasteiger partial charge in [0.25, 0.3) is 0 Å². The Kier molecular flexibility index (Phi) is 3.78. The summed E-state index contributed by atoms with van der Waals surface area (Å²) in [7, 11) is 4.05. The molecule has 0 radical (unpaired) electrons. The second-order valence-electron chi connectivity index (χ2n) is 6.00. The lowest BCUT2D eigenvalue weighted by atomic mass is 10.1. The maximum Gasteiger partial charge on any atom is 0.134 e. The number of anilines is 3. The van der Waals surface area contributed by atoms with Gasteiger partial charge in [0.05, 0.1) is 17.4 Å². The Morgan fingerprint density at radius 3 is 2.76 bits per heavy atom. The van der Waals surface area contributed by atoms with Crippen LogP contribution >= 0.6 is 0 Å². The molecule has 0 bridgehead atoms. The summed E-state index contributed by atoms with van der Waals surface area (Å²) < 4.78 is 0. The summed E-state index contributed by atoms with van der Waals surface area (Å²) in [4.78, 5) is 10.9. The zero-order valence-corrected chi connectivity index (χ0v) is 14.1. The van der Waals surface area contributed by atoms with Crippen molar-refractivity contribution in [3.05, 3.63) is 61.1 Å². The van der Waals surface area contributed by atoms with Gasteiger partial charge in [0.2, 0.25) is 0 Å². The van der Waals surface area contributed by atoms with Gasteiger partial charge in [-0.3, -0.25) is 5.10 Å². The molecule has 0 fully saturated rings. The number of para-hydroxylation sites is 1. The normalized spacial score (nSPS) is 10.8. The lowest BCUT2D eigenvalue weighted by molar-refractivity contribution is 1.12. The minimum atomic E-state index is 0.748. The van der Waals surface area contributed by atoms with Gasteiger partial charge in [-0.1, -0.05) is 18.2 Å². The molecule has 0 aliphatic heterocycles. The summed E-state index contributed by atoms with van der Waals surface area (Å²) in [5.74, 6) is 0.748. The molecule has 2 N–H and O–H groups in total. The largest absolute Gasteiger partial charge is 0.377 e. The number of nitrogens with one attached hydrogen (secondary N) is 2. The fourth-order valence-electron chi connectivity index (χ4n) is 2.82. The Hall–Kier alpha value is -3.41. The van der Waals surface area contributed by atoms with Crippen molar-refractivity contribution >= 4 is 28.1 Å². The van der Waals surface area contributed by atoms with Crippen LogP contribution in [0.25, 0.3) is 22.2 Å². The van der Waals surface area contributed by atoms with Crippen LogP contribution in [0.2, 0.25) is 0 Å². The SMILES string of the molecule is CN(C)c1ccccc1-c1cc(Nc2ccc3cn[nH]c3c2)ncn1. The number of hydrogen-bond acceptors (Lipinski definition) is 5. The molecule has 0 saturated carbocycles. The van der Waals surface area contributed by atoms with Crippen molar-refractivity contribution in [3.8, 4) is 11.3 Å². The first-order valence-corrected chi connectivity index (χ1v) is 7.99. The van der Waals surface area contributed by atoms with Crippen molar-refractivity contribution in [2.45, 2.75) is 0 Å². The smallest absolute Gasteiger partial charge is 0.134 e. The fourth-order valence-corrected chi connectivity index (χ4v) is 2.82. The van der Waals surface area contributed by atoms with Gasteiger partial charge in [0.15, 0.2) is 0 Å². The second-order valence-corrected chi connectivity index (χ2v) is 6.00. The highest BCUT2D eigenvalue weighted by Gasteiger charge is 2.09. The number of fused-ring (bicyclic) bond motifs is 1. The molecule has 124 valence electrons. The first-order valence-electron chi connectivity index (χ1n) is 7.99. The molecular weight excluding hydrogens is 312 g/mol. The van der Waals surface area contributed by atoms with E-state index in [1.165, 1.54) is 0 Å². The Morgan fingerprint density at radius 2 is 1.88 bits per heavy atom. The van der Waals surface area contributed by atoms with Crippen molar-refractivity contribution in [2.24, 2.45) is 0 Å². The molecule has 6 heteroatoms. The lowest BCUT2D eigenvalue weighted by Crippen LogP contribution is -2.10. The van der Waals surface area contributed by atoms with Crippen molar-refractivity contribution in [3.63, 3.8) is 0 Å². The number of nitrogens with zero attached hydrogens (tertiary/aromatic N) is 4. The van der Waals surface area contributed by atoms with E-state index < -0.39 is 0 Å². The molecule has 0 aliphatic rings. The van der Waals surface area contributed by atoms with Gasteiger partial charge in [-0.25, -0.2) is 9.97 Å². The highest BCUT2D eigenvalue weighted by atomic mass is 15.1. The molecule has 0 unspecified atom stereocenters. The van der Waals surface area contributed by atoms with Crippen molar-refractivity contribution < 1.29 is 0 Å². The Labute approximate surface area is 145 Å². The average Bonchev–Trinajstić information content (AvgIpc) is 3.10. The lowest BCUT2D eigenvalue weighted by Gasteiger charge is -2.17. The van der Waals surface area contributed by atoms with Crippen LogP contribution in [0.15, 0.2) is 61.1 Å². The van der Waals surface area contributed by atoms with Crippen LogP contribution in [-0.4, -0.2) is 34.3 Å². The standard InChI is InChI=1S/C19H18N6/c1-25(2)18-6-4-3-5-15(18)17-10-19(21-12-20-17)23-14-8-7-13-11-22-24-16(13)9-14/h3-12H,1-2H3,(H,22,24)(H,20,21,23). The molecule has 0 spiro atoms. The van der Waals surface area contributed by atoms with E-state index in [1.807, 2.05) is 50.5 Å². The first-order chi connectivity index (χ1) is 12.2. The van der Waals surface area contributed by atoms with Gasteiger partial charge in [-0.05, 0) is 24.3 Å². The zero-order valence-electron chi connectivity index (χ0n) is 14.1. The summed E-state index contributed by atoms with van der Waals surface area (Å²) >= 11 is 0. The van der Waals surface area contributed by atoms with Crippen LogP contribution in [0, 0.1) is 0 Å². The number of benzene rings is 2. The highest BCUT2D eigenvalue weighted by Crippen LogP contribution is 2.29. The summed E-state index contributed by atoms with van der Waals surface area (Å²) in [6.07, 6.45) is 3.39. The number of aromatic nitrogens is 4. The third-order valence-electron chi connectivity index (χ3n) is 4.04. The number of hydrogen-bond donors (Lipinski definition) is 2. The molecule has 0 saturated heterocycles. The van der Waals surface area contributed by atoms with Gasteiger partial charge in [0, 0.05) is 42.5 Å². The summed E-state index contributed by atoms with van der Waals surface area (Å²) in [5, 5.41) is 11.4. The zero-order chi connectivity index (χ0) is 17.2. The van der Waals surface area contributed by atoms with E-state index in [0.29, 0.717) is 0 Å². The van der Waals surface area contributed by atoms with Crippen LogP contribution < -0.4 is 10.2 Å². The topological polar surface area (TPSA) is 69.7 Å². The molecule has 2 aromatic carbocycles. The molecule has 25 heavy (non-hydrogen) atoms. The molecule has 2 heterocycles. The van der Waals surface area contributed by atoms with E-state index in [-0.39, 0.29) is 0 Å². The van der Waals surface area contributed by atoms with E-state index in [9.17, 15) is 0 Å². The minimum absolute atomic E-state index is 0.748. The van der Waals surface area contributed by atoms with E-state index in [2.05, 4.69) is 42.5 Å². The number of rotatable bonds is 4.